The van der Waals surface area contributed by atoms with E-state index in [1.165, 1.54) is 31.9 Å². The summed E-state index contributed by atoms with van der Waals surface area (Å²) in [6, 6.07) is 7.11. The van der Waals surface area contributed by atoms with Gasteiger partial charge in [-0.2, -0.15) is 0 Å². The SMILES string of the molecule is CC1CCCCN1CCCNC(=O)c1cccc(O)c1. The van der Waals surface area contributed by atoms with Crippen LogP contribution in [-0.4, -0.2) is 41.6 Å². The Morgan fingerprint density at radius 1 is 1.45 bits per heavy atom. The second-order valence-corrected chi connectivity index (χ2v) is 5.54. The van der Waals surface area contributed by atoms with Crippen LogP contribution in [0, 0.1) is 0 Å². The van der Waals surface area contributed by atoms with Gasteiger partial charge in [0.2, 0.25) is 0 Å². The number of phenolic OH excluding ortho intramolecular Hbond substituents is 1. The Kier molecular flexibility index (Phi) is 5.41. The summed E-state index contributed by atoms with van der Waals surface area (Å²) in [7, 11) is 0. The summed E-state index contributed by atoms with van der Waals surface area (Å²) in [6.45, 7) is 5.19. The molecule has 1 aromatic carbocycles. The third-order valence-corrected chi connectivity index (χ3v) is 3.96. The lowest BCUT2D eigenvalue weighted by Crippen LogP contribution is -2.39. The lowest BCUT2D eigenvalue weighted by Gasteiger charge is -2.33. The van der Waals surface area contributed by atoms with Crippen molar-refractivity contribution in [2.24, 2.45) is 0 Å². The summed E-state index contributed by atoms with van der Waals surface area (Å²) < 4.78 is 0. The summed E-state index contributed by atoms with van der Waals surface area (Å²) in [5, 5.41) is 12.3. The molecular formula is C16H24N2O2. The highest BCUT2D eigenvalue weighted by molar-refractivity contribution is 5.94. The quantitative estimate of drug-likeness (QED) is 0.812. The number of carbonyl (C=O) groups is 1. The van der Waals surface area contributed by atoms with Gasteiger partial charge in [0.15, 0.2) is 0 Å². The van der Waals surface area contributed by atoms with E-state index in [2.05, 4.69) is 17.1 Å². The van der Waals surface area contributed by atoms with Gasteiger partial charge in [-0.15, -0.1) is 0 Å². The van der Waals surface area contributed by atoms with Crippen molar-refractivity contribution in [3.05, 3.63) is 29.8 Å². The fourth-order valence-electron chi connectivity index (χ4n) is 2.72. The topological polar surface area (TPSA) is 52.6 Å². The van der Waals surface area contributed by atoms with Crippen molar-refractivity contribution >= 4 is 5.91 Å². The van der Waals surface area contributed by atoms with Crippen molar-refractivity contribution in [3.63, 3.8) is 0 Å². The van der Waals surface area contributed by atoms with Gasteiger partial charge in [-0.05, 0) is 50.9 Å². The molecule has 0 aliphatic carbocycles. The van der Waals surface area contributed by atoms with Crippen molar-refractivity contribution in [1.82, 2.24) is 10.2 Å². The first kappa shape index (κ1) is 14.9. The average molecular weight is 276 g/mol. The zero-order valence-corrected chi connectivity index (χ0v) is 12.1. The van der Waals surface area contributed by atoms with Gasteiger partial charge >= 0.3 is 0 Å². The molecule has 0 aromatic heterocycles. The van der Waals surface area contributed by atoms with Crippen LogP contribution in [-0.2, 0) is 0 Å². The van der Waals surface area contributed by atoms with E-state index in [1.807, 2.05) is 0 Å². The number of benzene rings is 1. The molecule has 0 spiro atoms. The van der Waals surface area contributed by atoms with Crippen LogP contribution in [0.2, 0.25) is 0 Å². The molecule has 1 heterocycles. The van der Waals surface area contributed by atoms with E-state index in [4.69, 9.17) is 0 Å². The zero-order chi connectivity index (χ0) is 14.4. The summed E-state index contributed by atoms with van der Waals surface area (Å²) in [6.07, 6.45) is 4.89. The predicted molar refractivity (Wildman–Crippen MR) is 79.9 cm³/mol. The van der Waals surface area contributed by atoms with Gasteiger partial charge in [-0.3, -0.25) is 4.79 Å². The molecule has 1 aliphatic rings. The van der Waals surface area contributed by atoms with Crippen LogP contribution in [0.1, 0.15) is 43.0 Å². The van der Waals surface area contributed by atoms with E-state index >= 15 is 0 Å². The van der Waals surface area contributed by atoms with Crippen molar-refractivity contribution in [3.8, 4) is 5.75 Å². The lowest BCUT2D eigenvalue weighted by molar-refractivity contribution is 0.0948. The second kappa shape index (κ2) is 7.29. The number of piperidine rings is 1. The van der Waals surface area contributed by atoms with E-state index in [-0.39, 0.29) is 11.7 Å². The molecule has 4 nitrogen and oxygen atoms in total. The molecular weight excluding hydrogens is 252 g/mol. The van der Waals surface area contributed by atoms with Crippen molar-refractivity contribution < 1.29 is 9.90 Å². The summed E-state index contributed by atoms with van der Waals surface area (Å²) in [4.78, 5) is 14.4. The molecule has 0 saturated carbocycles. The fraction of sp³-hybridized carbons (Fsp3) is 0.562. The Bertz CT molecular complexity index is 448. The van der Waals surface area contributed by atoms with Gasteiger partial charge in [-0.25, -0.2) is 0 Å². The Morgan fingerprint density at radius 3 is 3.05 bits per heavy atom. The number of hydrogen-bond donors (Lipinski definition) is 2. The highest BCUT2D eigenvalue weighted by Gasteiger charge is 2.17. The summed E-state index contributed by atoms with van der Waals surface area (Å²) in [5.74, 6) is 0.00684. The first-order chi connectivity index (χ1) is 9.66. The van der Waals surface area contributed by atoms with Gasteiger partial charge in [0.25, 0.3) is 5.91 Å². The molecule has 110 valence electrons. The maximum atomic E-state index is 11.9. The first-order valence-electron chi connectivity index (χ1n) is 7.48. The van der Waals surface area contributed by atoms with Gasteiger partial charge in [-0.1, -0.05) is 12.5 Å². The molecule has 1 amide bonds. The maximum absolute atomic E-state index is 11.9. The normalized spacial score (nSPS) is 19.8. The predicted octanol–water partition coefficient (Wildman–Crippen LogP) is 2.39. The van der Waals surface area contributed by atoms with Crippen molar-refractivity contribution in [2.75, 3.05) is 19.6 Å². The molecule has 0 bridgehead atoms. The van der Waals surface area contributed by atoms with Crippen LogP contribution in [0.15, 0.2) is 24.3 Å². The number of aromatic hydroxyl groups is 1. The van der Waals surface area contributed by atoms with Crippen LogP contribution in [0.4, 0.5) is 0 Å². The first-order valence-corrected chi connectivity index (χ1v) is 7.48. The van der Waals surface area contributed by atoms with Gasteiger partial charge in [0.05, 0.1) is 0 Å². The number of amides is 1. The number of nitrogens with one attached hydrogen (secondary N) is 1. The van der Waals surface area contributed by atoms with Crippen LogP contribution in [0.3, 0.4) is 0 Å². The molecule has 4 heteroatoms. The number of phenols is 1. The Balaban J connectivity index is 1.69. The minimum absolute atomic E-state index is 0.118. The fourth-order valence-corrected chi connectivity index (χ4v) is 2.72. The number of nitrogens with zero attached hydrogens (tertiary/aromatic N) is 1. The van der Waals surface area contributed by atoms with Crippen molar-refractivity contribution in [1.29, 1.82) is 0 Å². The average Bonchev–Trinajstić information content (AvgIpc) is 2.45. The number of carbonyl (C=O) groups excluding carboxylic acids is 1. The van der Waals surface area contributed by atoms with E-state index in [0.717, 1.165) is 13.0 Å². The Hall–Kier alpha value is -1.55. The van der Waals surface area contributed by atoms with Crippen LogP contribution >= 0.6 is 0 Å². The molecule has 1 unspecified atom stereocenters. The standard InChI is InChI=1S/C16H24N2O2/c1-13-6-2-3-10-18(13)11-5-9-17-16(20)14-7-4-8-15(19)12-14/h4,7-8,12-13,19H,2-3,5-6,9-11H2,1H3,(H,17,20). The Labute approximate surface area is 120 Å². The van der Waals surface area contributed by atoms with Gasteiger partial charge in [0, 0.05) is 24.7 Å². The number of hydrogen-bond acceptors (Lipinski definition) is 3. The third-order valence-electron chi connectivity index (χ3n) is 3.96. The monoisotopic (exact) mass is 276 g/mol. The highest BCUT2D eigenvalue weighted by atomic mass is 16.3. The van der Waals surface area contributed by atoms with E-state index < -0.39 is 0 Å². The second-order valence-electron chi connectivity index (χ2n) is 5.54. The van der Waals surface area contributed by atoms with Gasteiger partial charge < -0.3 is 15.3 Å². The molecule has 1 saturated heterocycles. The van der Waals surface area contributed by atoms with E-state index in [9.17, 15) is 9.90 Å². The molecule has 1 aliphatic heterocycles. The molecule has 1 fully saturated rings. The third kappa shape index (κ3) is 4.23. The number of rotatable bonds is 5. The Morgan fingerprint density at radius 2 is 2.30 bits per heavy atom. The van der Waals surface area contributed by atoms with E-state index in [1.54, 1.807) is 18.2 Å². The highest BCUT2D eigenvalue weighted by Crippen LogP contribution is 2.16. The minimum atomic E-state index is -0.118. The molecule has 2 rings (SSSR count). The van der Waals surface area contributed by atoms with Crippen LogP contribution in [0.5, 0.6) is 5.75 Å². The molecule has 20 heavy (non-hydrogen) atoms. The van der Waals surface area contributed by atoms with Crippen molar-refractivity contribution in [2.45, 2.75) is 38.6 Å². The molecule has 2 N–H and O–H groups in total. The summed E-state index contributed by atoms with van der Waals surface area (Å²) in [5.41, 5.74) is 0.511. The molecule has 1 atom stereocenters. The van der Waals surface area contributed by atoms with Gasteiger partial charge in [0.1, 0.15) is 5.75 Å². The summed E-state index contributed by atoms with van der Waals surface area (Å²) >= 11 is 0. The van der Waals surface area contributed by atoms with E-state index in [0.29, 0.717) is 18.2 Å². The van der Waals surface area contributed by atoms with Crippen LogP contribution in [0.25, 0.3) is 0 Å². The zero-order valence-electron chi connectivity index (χ0n) is 12.1. The maximum Gasteiger partial charge on any atom is 0.251 e. The lowest BCUT2D eigenvalue weighted by atomic mass is 10.0. The number of likely N-dealkylation sites (tertiary alicyclic amines) is 1. The van der Waals surface area contributed by atoms with Crippen LogP contribution < -0.4 is 5.32 Å². The largest absolute Gasteiger partial charge is 0.508 e. The smallest absolute Gasteiger partial charge is 0.251 e. The molecule has 1 aromatic rings. The molecule has 0 radical (unpaired) electrons. The minimum Gasteiger partial charge on any atom is -0.508 e.